The fourth-order valence-corrected chi connectivity index (χ4v) is 1.47. The number of hydrogen-bond acceptors (Lipinski definition) is 3. The summed E-state index contributed by atoms with van der Waals surface area (Å²) in [5.41, 5.74) is 6.48. The number of halogens is 1. The summed E-state index contributed by atoms with van der Waals surface area (Å²) in [6, 6.07) is 5.79. The van der Waals surface area contributed by atoms with E-state index in [1.54, 1.807) is 19.1 Å². The van der Waals surface area contributed by atoms with Crippen molar-refractivity contribution in [1.29, 1.82) is 0 Å². The number of carbonyl (C=O) groups excluding carboxylic acids is 1. The van der Waals surface area contributed by atoms with Gasteiger partial charge in [-0.2, -0.15) is 0 Å². The number of ether oxygens (including phenoxy) is 1. The van der Waals surface area contributed by atoms with E-state index in [4.69, 9.17) is 10.5 Å². The van der Waals surface area contributed by atoms with Crippen LogP contribution < -0.4 is 5.73 Å². The number of amidine groups is 1. The van der Waals surface area contributed by atoms with Crippen LogP contribution in [0.25, 0.3) is 0 Å². The van der Waals surface area contributed by atoms with Crippen LogP contribution in [-0.2, 0) is 9.53 Å². The third kappa shape index (κ3) is 4.53. The highest BCUT2D eigenvalue weighted by molar-refractivity contribution is 5.96. The van der Waals surface area contributed by atoms with Gasteiger partial charge in [0.15, 0.2) is 0 Å². The molecule has 0 radical (unpaired) electrons. The summed E-state index contributed by atoms with van der Waals surface area (Å²) >= 11 is 0. The van der Waals surface area contributed by atoms with E-state index in [0.717, 1.165) is 5.56 Å². The van der Waals surface area contributed by atoms with E-state index < -0.39 is 5.97 Å². The molecule has 0 aliphatic rings. The number of esters is 1. The van der Waals surface area contributed by atoms with Gasteiger partial charge in [0, 0.05) is 0 Å². The van der Waals surface area contributed by atoms with E-state index in [1.165, 1.54) is 12.1 Å². The Morgan fingerprint density at radius 2 is 2.06 bits per heavy atom. The maximum absolute atomic E-state index is 12.7. The van der Waals surface area contributed by atoms with Gasteiger partial charge in [0.05, 0.1) is 12.6 Å². The summed E-state index contributed by atoms with van der Waals surface area (Å²) in [7, 11) is 0. The Labute approximate surface area is 106 Å². The first-order valence-electron chi connectivity index (χ1n) is 5.76. The standard InChI is InChI=1S/C13H17FN2O2/c1-3-18-13(17)8-12(15)16-9(2)10-4-6-11(14)7-5-10/h4-7,9H,3,8H2,1-2H3,(H2,15,16)/t9-/m0/s1. The molecule has 18 heavy (non-hydrogen) atoms. The fraction of sp³-hybridized carbons (Fsp3) is 0.385. The summed E-state index contributed by atoms with van der Waals surface area (Å²) in [5.74, 6) is -0.482. The minimum absolute atomic E-state index is 0.0284. The number of nitrogens with zero attached hydrogens (tertiary/aromatic N) is 1. The Balaban J connectivity index is 2.64. The number of aliphatic imine (C=N–C) groups is 1. The highest BCUT2D eigenvalue weighted by atomic mass is 19.1. The van der Waals surface area contributed by atoms with Crippen LogP contribution in [0.2, 0.25) is 0 Å². The van der Waals surface area contributed by atoms with Crippen LogP contribution in [-0.4, -0.2) is 18.4 Å². The molecule has 0 aliphatic carbocycles. The van der Waals surface area contributed by atoms with E-state index in [-0.39, 0.29) is 24.1 Å². The SMILES string of the molecule is CCOC(=O)CC(N)=N[C@@H](C)c1ccc(F)cc1. The number of benzene rings is 1. The third-order valence-electron chi connectivity index (χ3n) is 2.34. The van der Waals surface area contributed by atoms with Crippen molar-refractivity contribution >= 4 is 11.8 Å². The van der Waals surface area contributed by atoms with Crippen molar-refractivity contribution in [3.8, 4) is 0 Å². The Kier molecular flexibility index (Phi) is 5.30. The predicted octanol–water partition coefficient (Wildman–Crippen LogP) is 2.20. The fourth-order valence-electron chi connectivity index (χ4n) is 1.47. The lowest BCUT2D eigenvalue weighted by Crippen LogP contribution is -2.19. The van der Waals surface area contributed by atoms with Gasteiger partial charge in [-0.25, -0.2) is 4.39 Å². The molecule has 1 rings (SSSR count). The van der Waals surface area contributed by atoms with Gasteiger partial charge >= 0.3 is 5.97 Å². The Morgan fingerprint density at radius 3 is 2.61 bits per heavy atom. The van der Waals surface area contributed by atoms with Crippen LogP contribution in [0.15, 0.2) is 29.3 Å². The van der Waals surface area contributed by atoms with Gasteiger partial charge < -0.3 is 10.5 Å². The molecule has 4 nitrogen and oxygen atoms in total. The van der Waals surface area contributed by atoms with E-state index in [0.29, 0.717) is 6.61 Å². The second-order valence-corrected chi connectivity index (χ2v) is 3.83. The van der Waals surface area contributed by atoms with Gasteiger partial charge in [-0.1, -0.05) is 12.1 Å². The predicted molar refractivity (Wildman–Crippen MR) is 67.7 cm³/mol. The van der Waals surface area contributed by atoms with Crippen LogP contribution in [0.3, 0.4) is 0 Å². The molecule has 1 aromatic rings. The highest BCUT2D eigenvalue weighted by Crippen LogP contribution is 2.17. The topological polar surface area (TPSA) is 64.7 Å². The van der Waals surface area contributed by atoms with E-state index in [2.05, 4.69) is 4.99 Å². The zero-order chi connectivity index (χ0) is 13.5. The quantitative estimate of drug-likeness (QED) is 0.496. The minimum atomic E-state index is -0.398. The summed E-state index contributed by atoms with van der Waals surface area (Å²) in [4.78, 5) is 15.4. The zero-order valence-electron chi connectivity index (χ0n) is 10.5. The van der Waals surface area contributed by atoms with Gasteiger partial charge in [0.25, 0.3) is 0 Å². The number of rotatable bonds is 5. The molecule has 98 valence electrons. The van der Waals surface area contributed by atoms with Gasteiger partial charge in [-0.3, -0.25) is 9.79 Å². The van der Waals surface area contributed by atoms with Gasteiger partial charge in [-0.15, -0.1) is 0 Å². The molecule has 1 atom stereocenters. The highest BCUT2D eigenvalue weighted by Gasteiger charge is 2.08. The zero-order valence-corrected chi connectivity index (χ0v) is 10.5. The Hall–Kier alpha value is -1.91. The summed E-state index contributed by atoms with van der Waals surface area (Å²) in [5, 5.41) is 0. The molecule has 0 amide bonds. The lowest BCUT2D eigenvalue weighted by atomic mass is 10.1. The van der Waals surface area contributed by atoms with Gasteiger partial charge in [0.1, 0.15) is 18.1 Å². The average Bonchev–Trinajstić information content (AvgIpc) is 2.29. The summed E-state index contributed by atoms with van der Waals surface area (Å²) < 4.78 is 17.5. The molecule has 0 spiro atoms. The van der Waals surface area contributed by atoms with Crippen molar-refractivity contribution in [2.75, 3.05) is 6.61 Å². The van der Waals surface area contributed by atoms with E-state index >= 15 is 0 Å². The van der Waals surface area contributed by atoms with Gasteiger partial charge in [0.2, 0.25) is 0 Å². The van der Waals surface area contributed by atoms with Crippen LogP contribution in [0.5, 0.6) is 0 Å². The molecular weight excluding hydrogens is 235 g/mol. The van der Waals surface area contributed by atoms with Crippen molar-refractivity contribution in [3.63, 3.8) is 0 Å². The first-order chi connectivity index (χ1) is 8.52. The largest absolute Gasteiger partial charge is 0.466 e. The first-order valence-corrected chi connectivity index (χ1v) is 5.76. The van der Waals surface area contributed by atoms with Crippen LogP contribution in [0.4, 0.5) is 4.39 Å². The summed E-state index contributed by atoms with van der Waals surface area (Å²) in [6.45, 7) is 3.87. The minimum Gasteiger partial charge on any atom is -0.466 e. The molecular formula is C13H17FN2O2. The third-order valence-corrected chi connectivity index (χ3v) is 2.34. The second-order valence-electron chi connectivity index (χ2n) is 3.83. The van der Waals surface area contributed by atoms with Crippen molar-refractivity contribution in [3.05, 3.63) is 35.6 Å². The average molecular weight is 252 g/mol. The molecule has 0 bridgehead atoms. The lowest BCUT2D eigenvalue weighted by molar-refractivity contribution is -0.141. The molecule has 0 saturated carbocycles. The van der Waals surface area contributed by atoms with E-state index in [9.17, 15) is 9.18 Å². The molecule has 0 aromatic heterocycles. The maximum Gasteiger partial charge on any atom is 0.313 e. The normalized spacial score (nSPS) is 13.2. The van der Waals surface area contributed by atoms with Crippen molar-refractivity contribution in [1.82, 2.24) is 0 Å². The maximum atomic E-state index is 12.7. The van der Waals surface area contributed by atoms with Crippen LogP contribution in [0.1, 0.15) is 31.9 Å². The van der Waals surface area contributed by atoms with Crippen molar-refractivity contribution in [2.24, 2.45) is 10.7 Å². The number of hydrogen-bond donors (Lipinski definition) is 1. The smallest absolute Gasteiger partial charge is 0.313 e. The van der Waals surface area contributed by atoms with Crippen LogP contribution in [0, 0.1) is 5.82 Å². The molecule has 2 N–H and O–H groups in total. The number of carbonyl (C=O) groups is 1. The number of nitrogens with two attached hydrogens (primary N) is 1. The monoisotopic (exact) mass is 252 g/mol. The molecule has 0 heterocycles. The molecule has 0 fully saturated rings. The lowest BCUT2D eigenvalue weighted by Gasteiger charge is -2.08. The Morgan fingerprint density at radius 1 is 1.44 bits per heavy atom. The second kappa shape index (κ2) is 6.74. The Bertz CT molecular complexity index is 429. The molecule has 0 aliphatic heterocycles. The van der Waals surface area contributed by atoms with E-state index in [1.807, 2.05) is 6.92 Å². The summed E-state index contributed by atoms with van der Waals surface area (Å²) in [6.07, 6.45) is -0.0284. The first kappa shape index (κ1) is 14.2. The van der Waals surface area contributed by atoms with Gasteiger partial charge in [-0.05, 0) is 31.5 Å². The molecule has 1 aromatic carbocycles. The van der Waals surface area contributed by atoms with Crippen molar-refractivity contribution in [2.45, 2.75) is 26.3 Å². The molecule has 0 unspecified atom stereocenters. The van der Waals surface area contributed by atoms with Crippen molar-refractivity contribution < 1.29 is 13.9 Å². The molecule has 0 saturated heterocycles. The molecule has 5 heteroatoms. The van der Waals surface area contributed by atoms with Crippen LogP contribution >= 0.6 is 0 Å².